The molecule has 1 atom stereocenters. The van der Waals surface area contributed by atoms with Crippen LogP contribution in [0.2, 0.25) is 10.0 Å². The minimum Gasteiger partial charge on any atom is -0.394 e. The lowest BCUT2D eigenvalue weighted by molar-refractivity contribution is 0.237. The lowest BCUT2D eigenvalue weighted by atomic mass is 10.1. The monoisotopic (exact) mass is 247 g/mol. The van der Waals surface area contributed by atoms with Gasteiger partial charge in [-0.3, -0.25) is 0 Å². The predicted molar refractivity (Wildman–Crippen MR) is 64.6 cm³/mol. The number of halogens is 2. The number of rotatable bonds is 4. The molecule has 0 heterocycles. The Morgan fingerprint density at radius 1 is 1.33 bits per heavy atom. The molecule has 1 unspecified atom stereocenters. The van der Waals surface area contributed by atoms with E-state index < -0.39 is 0 Å². The van der Waals surface area contributed by atoms with E-state index in [0.29, 0.717) is 10.0 Å². The van der Waals surface area contributed by atoms with E-state index in [2.05, 4.69) is 5.32 Å². The second kappa shape index (κ2) is 5.71. The Bertz CT molecular complexity index is 328. The molecule has 0 radical (unpaired) electrons. The van der Waals surface area contributed by atoms with E-state index in [1.807, 2.05) is 19.9 Å². The van der Waals surface area contributed by atoms with Crippen LogP contribution in [0.4, 0.5) is 0 Å². The van der Waals surface area contributed by atoms with E-state index in [1.165, 1.54) is 0 Å². The van der Waals surface area contributed by atoms with E-state index in [4.69, 9.17) is 23.2 Å². The SMILES string of the molecule is CC(C)NC(CO)c1ccc(Cl)cc1Cl. The van der Waals surface area contributed by atoms with Crippen molar-refractivity contribution >= 4 is 23.2 Å². The van der Waals surface area contributed by atoms with Crippen LogP contribution in [0.5, 0.6) is 0 Å². The predicted octanol–water partition coefficient (Wildman–Crippen LogP) is 3.02. The number of aliphatic hydroxyl groups is 1. The highest BCUT2D eigenvalue weighted by Gasteiger charge is 2.14. The Balaban J connectivity index is 2.91. The largest absolute Gasteiger partial charge is 0.394 e. The molecule has 0 bridgehead atoms. The average molecular weight is 248 g/mol. The molecule has 4 heteroatoms. The molecule has 84 valence electrons. The molecule has 0 aliphatic carbocycles. The zero-order chi connectivity index (χ0) is 11.4. The molecule has 2 nitrogen and oxygen atoms in total. The normalized spacial score (nSPS) is 13.2. The molecule has 0 saturated heterocycles. The summed E-state index contributed by atoms with van der Waals surface area (Å²) in [6.07, 6.45) is 0. The highest BCUT2D eigenvalue weighted by molar-refractivity contribution is 6.35. The van der Waals surface area contributed by atoms with Gasteiger partial charge in [0.25, 0.3) is 0 Å². The maximum atomic E-state index is 9.27. The summed E-state index contributed by atoms with van der Waals surface area (Å²) in [6, 6.07) is 5.43. The van der Waals surface area contributed by atoms with Crippen LogP contribution in [0.15, 0.2) is 18.2 Å². The number of nitrogens with one attached hydrogen (secondary N) is 1. The minimum absolute atomic E-state index is 0.0134. The molecule has 0 aliphatic rings. The topological polar surface area (TPSA) is 32.3 Å². The van der Waals surface area contributed by atoms with Crippen LogP contribution in [-0.4, -0.2) is 17.8 Å². The van der Waals surface area contributed by atoms with E-state index in [-0.39, 0.29) is 18.7 Å². The highest BCUT2D eigenvalue weighted by Crippen LogP contribution is 2.26. The van der Waals surface area contributed by atoms with Gasteiger partial charge in [-0.05, 0) is 17.7 Å². The first-order valence-electron chi connectivity index (χ1n) is 4.86. The van der Waals surface area contributed by atoms with Gasteiger partial charge in [0.1, 0.15) is 0 Å². The number of hydrogen-bond donors (Lipinski definition) is 2. The zero-order valence-corrected chi connectivity index (χ0v) is 10.3. The molecule has 15 heavy (non-hydrogen) atoms. The van der Waals surface area contributed by atoms with Crippen LogP contribution in [0, 0.1) is 0 Å². The summed E-state index contributed by atoms with van der Waals surface area (Å²) in [6.45, 7) is 4.05. The molecule has 0 aromatic heterocycles. The maximum Gasteiger partial charge on any atom is 0.0627 e. The summed E-state index contributed by atoms with van der Waals surface area (Å²) in [5.41, 5.74) is 0.872. The van der Waals surface area contributed by atoms with Crippen LogP contribution in [-0.2, 0) is 0 Å². The molecule has 0 fully saturated rings. The Kier molecular flexibility index (Phi) is 4.87. The summed E-state index contributed by atoms with van der Waals surface area (Å²) in [5, 5.41) is 13.7. The summed E-state index contributed by atoms with van der Waals surface area (Å²) in [4.78, 5) is 0. The highest BCUT2D eigenvalue weighted by atomic mass is 35.5. The first-order chi connectivity index (χ1) is 7.04. The number of benzene rings is 1. The van der Waals surface area contributed by atoms with E-state index in [1.54, 1.807) is 12.1 Å². The lowest BCUT2D eigenvalue weighted by Gasteiger charge is -2.20. The van der Waals surface area contributed by atoms with Crippen molar-refractivity contribution < 1.29 is 5.11 Å². The molecule has 0 amide bonds. The van der Waals surface area contributed by atoms with Crippen LogP contribution in [0.3, 0.4) is 0 Å². The van der Waals surface area contributed by atoms with Gasteiger partial charge in [-0.2, -0.15) is 0 Å². The first kappa shape index (κ1) is 12.8. The molecule has 1 rings (SSSR count). The molecule has 1 aromatic carbocycles. The molecule has 2 N–H and O–H groups in total. The Labute approximate surface area is 100 Å². The Morgan fingerprint density at radius 2 is 2.00 bits per heavy atom. The molecular formula is C11H15Cl2NO. The lowest BCUT2D eigenvalue weighted by Crippen LogP contribution is -2.30. The van der Waals surface area contributed by atoms with Gasteiger partial charge in [0.15, 0.2) is 0 Å². The molecule has 0 aliphatic heterocycles. The van der Waals surface area contributed by atoms with Gasteiger partial charge < -0.3 is 10.4 Å². The minimum atomic E-state index is -0.144. The van der Waals surface area contributed by atoms with Gasteiger partial charge in [0.05, 0.1) is 12.6 Å². The summed E-state index contributed by atoms with van der Waals surface area (Å²) < 4.78 is 0. The van der Waals surface area contributed by atoms with Crippen molar-refractivity contribution in [1.82, 2.24) is 5.32 Å². The fourth-order valence-corrected chi connectivity index (χ4v) is 1.97. The standard InChI is InChI=1S/C11H15Cl2NO/c1-7(2)14-11(6-15)9-4-3-8(12)5-10(9)13/h3-5,7,11,14-15H,6H2,1-2H3. The molecule has 0 saturated carbocycles. The van der Waals surface area contributed by atoms with Crippen molar-refractivity contribution in [2.75, 3.05) is 6.61 Å². The maximum absolute atomic E-state index is 9.27. The van der Waals surface area contributed by atoms with Crippen molar-refractivity contribution in [3.05, 3.63) is 33.8 Å². The van der Waals surface area contributed by atoms with E-state index in [0.717, 1.165) is 5.56 Å². The van der Waals surface area contributed by atoms with E-state index >= 15 is 0 Å². The molecular weight excluding hydrogens is 233 g/mol. The first-order valence-corrected chi connectivity index (χ1v) is 5.62. The summed E-state index contributed by atoms with van der Waals surface area (Å²) >= 11 is 11.9. The third-order valence-corrected chi connectivity index (χ3v) is 2.62. The Morgan fingerprint density at radius 3 is 2.47 bits per heavy atom. The quantitative estimate of drug-likeness (QED) is 0.858. The fourth-order valence-electron chi connectivity index (χ4n) is 1.43. The average Bonchev–Trinajstić information content (AvgIpc) is 2.14. The third kappa shape index (κ3) is 3.65. The van der Waals surface area contributed by atoms with Gasteiger partial charge in [0, 0.05) is 16.1 Å². The second-order valence-corrected chi connectivity index (χ2v) is 4.57. The van der Waals surface area contributed by atoms with Crippen LogP contribution in [0.25, 0.3) is 0 Å². The molecule has 0 spiro atoms. The third-order valence-electron chi connectivity index (χ3n) is 2.06. The smallest absolute Gasteiger partial charge is 0.0627 e. The molecule has 1 aromatic rings. The van der Waals surface area contributed by atoms with Gasteiger partial charge in [-0.15, -0.1) is 0 Å². The summed E-state index contributed by atoms with van der Waals surface area (Å²) in [7, 11) is 0. The van der Waals surface area contributed by atoms with Crippen molar-refractivity contribution in [1.29, 1.82) is 0 Å². The zero-order valence-electron chi connectivity index (χ0n) is 8.80. The Hall–Kier alpha value is -0.280. The fraction of sp³-hybridized carbons (Fsp3) is 0.455. The van der Waals surface area contributed by atoms with Gasteiger partial charge in [-0.25, -0.2) is 0 Å². The van der Waals surface area contributed by atoms with Crippen LogP contribution in [0.1, 0.15) is 25.5 Å². The van der Waals surface area contributed by atoms with Crippen LogP contribution < -0.4 is 5.32 Å². The van der Waals surface area contributed by atoms with Crippen LogP contribution >= 0.6 is 23.2 Å². The van der Waals surface area contributed by atoms with Gasteiger partial charge in [-0.1, -0.05) is 43.1 Å². The second-order valence-electron chi connectivity index (χ2n) is 3.72. The van der Waals surface area contributed by atoms with Crippen molar-refractivity contribution in [2.24, 2.45) is 0 Å². The van der Waals surface area contributed by atoms with Gasteiger partial charge >= 0.3 is 0 Å². The van der Waals surface area contributed by atoms with Gasteiger partial charge in [0.2, 0.25) is 0 Å². The van der Waals surface area contributed by atoms with Crippen molar-refractivity contribution in [3.8, 4) is 0 Å². The van der Waals surface area contributed by atoms with E-state index in [9.17, 15) is 5.11 Å². The van der Waals surface area contributed by atoms with Crippen molar-refractivity contribution in [3.63, 3.8) is 0 Å². The number of hydrogen-bond acceptors (Lipinski definition) is 2. The summed E-state index contributed by atoms with van der Waals surface area (Å²) in [5.74, 6) is 0. The van der Waals surface area contributed by atoms with Crippen molar-refractivity contribution in [2.45, 2.75) is 25.9 Å². The number of aliphatic hydroxyl groups excluding tert-OH is 1.